The summed E-state index contributed by atoms with van der Waals surface area (Å²) in [6.45, 7) is 0.274. The zero-order valence-corrected chi connectivity index (χ0v) is 14.6. The van der Waals surface area contributed by atoms with E-state index in [-0.39, 0.29) is 24.3 Å². The van der Waals surface area contributed by atoms with E-state index < -0.39 is 11.6 Å². The number of nitrogens with zero attached hydrogens (tertiary/aromatic N) is 1. The number of pyridine rings is 1. The van der Waals surface area contributed by atoms with Crippen molar-refractivity contribution in [3.8, 4) is 5.75 Å². The van der Waals surface area contributed by atoms with Crippen molar-refractivity contribution in [3.05, 3.63) is 52.1 Å². The minimum atomic E-state index is -0.644. The topological polar surface area (TPSA) is 46.2 Å². The van der Waals surface area contributed by atoms with Gasteiger partial charge in [-0.05, 0) is 46.7 Å². The molecular formula is C15H14BrF2N3OS. The molecule has 0 amide bonds. The lowest BCUT2D eigenvalue weighted by molar-refractivity contribution is 0.405. The lowest BCUT2D eigenvalue weighted by Crippen LogP contribution is -2.31. The molecule has 1 aromatic heterocycles. The van der Waals surface area contributed by atoms with Gasteiger partial charge in [0.15, 0.2) is 5.11 Å². The molecule has 0 saturated heterocycles. The van der Waals surface area contributed by atoms with E-state index in [2.05, 4.69) is 31.5 Å². The van der Waals surface area contributed by atoms with Crippen LogP contribution < -0.4 is 15.4 Å². The second-order valence-electron chi connectivity index (χ2n) is 4.53. The van der Waals surface area contributed by atoms with Crippen LogP contribution in [-0.4, -0.2) is 23.8 Å². The van der Waals surface area contributed by atoms with Crippen molar-refractivity contribution in [1.29, 1.82) is 0 Å². The first-order chi connectivity index (χ1) is 11.0. The lowest BCUT2D eigenvalue weighted by Gasteiger charge is -2.12. The van der Waals surface area contributed by atoms with E-state index in [4.69, 9.17) is 17.0 Å². The second-order valence-corrected chi connectivity index (χ2v) is 5.80. The van der Waals surface area contributed by atoms with Gasteiger partial charge in [0.05, 0.1) is 11.6 Å². The third-order valence-electron chi connectivity index (χ3n) is 3.00. The summed E-state index contributed by atoms with van der Waals surface area (Å²) in [4.78, 5) is 4.11. The van der Waals surface area contributed by atoms with Gasteiger partial charge in [0.2, 0.25) is 0 Å². The third kappa shape index (κ3) is 4.84. The van der Waals surface area contributed by atoms with Crippen molar-refractivity contribution in [1.82, 2.24) is 10.3 Å². The van der Waals surface area contributed by atoms with Gasteiger partial charge in [0.1, 0.15) is 23.2 Å². The Morgan fingerprint density at radius 2 is 2.04 bits per heavy atom. The molecule has 1 heterocycles. The normalized spacial score (nSPS) is 10.3. The van der Waals surface area contributed by atoms with E-state index in [1.165, 1.54) is 7.11 Å². The van der Waals surface area contributed by atoms with Crippen LogP contribution in [0, 0.1) is 11.6 Å². The third-order valence-corrected chi connectivity index (χ3v) is 3.89. The summed E-state index contributed by atoms with van der Waals surface area (Å²) in [5, 5.41) is 6.10. The molecule has 8 heteroatoms. The van der Waals surface area contributed by atoms with E-state index in [1.54, 1.807) is 12.3 Å². The summed E-state index contributed by atoms with van der Waals surface area (Å²) in [5.74, 6) is -0.578. The number of aromatic nitrogens is 1. The van der Waals surface area contributed by atoms with Crippen molar-refractivity contribution in [2.45, 2.75) is 6.42 Å². The molecule has 0 spiro atoms. The van der Waals surface area contributed by atoms with Crippen LogP contribution in [0.25, 0.3) is 0 Å². The number of rotatable bonds is 5. The zero-order valence-electron chi connectivity index (χ0n) is 12.2. The maximum absolute atomic E-state index is 13.8. The molecule has 2 N–H and O–H groups in total. The van der Waals surface area contributed by atoms with E-state index in [1.807, 2.05) is 6.07 Å². The number of halogens is 3. The molecule has 0 bridgehead atoms. The molecule has 0 aliphatic heterocycles. The lowest BCUT2D eigenvalue weighted by atomic mass is 10.1. The molecule has 0 fully saturated rings. The van der Waals surface area contributed by atoms with Crippen molar-refractivity contribution < 1.29 is 13.5 Å². The highest BCUT2D eigenvalue weighted by Gasteiger charge is 2.11. The molecule has 2 rings (SSSR count). The summed E-state index contributed by atoms with van der Waals surface area (Å²) >= 11 is 8.46. The quantitative estimate of drug-likeness (QED) is 0.748. The molecule has 2 aromatic rings. The molecule has 1 aromatic carbocycles. The fraction of sp³-hybridized carbons (Fsp3) is 0.200. The maximum Gasteiger partial charge on any atom is 0.171 e. The fourth-order valence-electron chi connectivity index (χ4n) is 1.87. The van der Waals surface area contributed by atoms with Gasteiger partial charge < -0.3 is 15.4 Å². The van der Waals surface area contributed by atoms with Crippen LogP contribution in [0.4, 0.5) is 14.6 Å². The largest absolute Gasteiger partial charge is 0.497 e. The predicted molar refractivity (Wildman–Crippen MR) is 92.8 cm³/mol. The Balaban J connectivity index is 1.90. The Morgan fingerprint density at radius 1 is 1.35 bits per heavy atom. The Morgan fingerprint density at radius 3 is 2.65 bits per heavy atom. The minimum absolute atomic E-state index is 0.0138. The predicted octanol–water partition coefficient (Wildman–Crippen LogP) is 3.66. The molecular weight excluding hydrogens is 388 g/mol. The highest BCUT2D eigenvalue weighted by atomic mass is 79.9. The molecule has 23 heavy (non-hydrogen) atoms. The molecule has 0 unspecified atom stereocenters. The van der Waals surface area contributed by atoms with Crippen LogP contribution in [0.1, 0.15) is 5.56 Å². The number of ether oxygens (including phenoxy) is 1. The van der Waals surface area contributed by atoms with E-state index in [0.29, 0.717) is 10.9 Å². The van der Waals surface area contributed by atoms with E-state index >= 15 is 0 Å². The average Bonchev–Trinajstić information content (AvgIpc) is 2.52. The van der Waals surface area contributed by atoms with Crippen LogP contribution >= 0.6 is 28.1 Å². The monoisotopic (exact) mass is 401 g/mol. The number of hydrogen-bond acceptors (Lipinski definition) is 3. The van der Waals surface area contributed by atoms with Crippen molar-refractivity contribution in [3.63, 3.8) is 0 Å². The van der Waals surface area contributed by atoms with Gasteiger partial charge in [0, 0.05) is 30.4 Å². The molecule has 0 aliphatic carbocycles. The summed E-state index contributed by atoms with van der Waals surface area (Å²) in [7, 11) is 1.36. The Labute approximate surface area is 146 Å². The van der Waals surface area contributed by atoms with Crippen molar-refractivity contribution in [2.75, 3.05) is 19.0 Å². The van der Waals surface area contributed by atoms with E-state index in [0.717, 1.165) is 16.6 Å². The van der Waals surface area contributed by atoms with E-state index in [9.17, 15) is 8.78 Å². The SMILES string of the molecule is COc1cc(F)c(CCNC(=S)Nc2ncccc2Br)c(F)c1. The summed E-state index contributed by atoms with van der Waals surface area (Å²) in [6.07, 6.45) is 1.77. The van der Waals surface area contributed by atoms with Gasteiger partial charge in [-0.1, -0.05) is 0 Å². The number of thiocarbonyl (C=S) groups is 1. The first-order valence-corrected chi connectivity index (χ1v) is 7.88. The number of anilines is 1. The molecule has 122 valence electrons. The molecule has 0 saturated carbocycles. The van der Waals surface area contributed by atoms with Crippen LogP contribution in [-0.2, 0) is 6.42 Å². The molecule has 4 nitrogen and oxygen atoms in total. The van der Waals surface area contributed by atoms with Gasteiger partial charge >= 0.3 is 0 Å². The van der Waals surface area contributed by atoms with Gasteiger partial charge in [-0.2, -0.15) is 0 Å². The zero-order chi connectivity index (χ0) is 16.8. The van der Waals surface area contributed by atoms with Gasteiger partial charge in [-0.25, -0.2) is 13.8 Å². The van der Waals surface area contributed by atoms with Gasteiger partial charge in [-0.15, -0.1) is 0 Å². The number of hydrogen-bond donors (Lipinski definition) is 2. The highest BCUT2D eigenvalue weighted by Crippen LogP contribution is 2.21. The Kier molecular flexibility index (Phi) is 6.23. The minimum Gasteiger partial charge on any atom is -0.497 e. The number of nitrogens with one attached hydrogen (secondary N) is 2. The first kappa shape index (κ1) is 17.6. The van der Waals surface area contributed by atoms with Gasteiger partial charge in [-0.3, -0.25) is 0 Å². The van der Waals surface area contributed by atoms with Crippen molar-refractivity contribution in [2.24, 2.45) is 0 Å². The smallest absolute Gasteiger partial charge is 0.171 e. The van der Waals surface area contributed by atoms with Crippen molar-refractivity contribution >= 4 is 39.1 Å². The highest BCUT2D eigenvalue weighted by molar-refractivity contribution is 9.10. The van der Waals surface area contributed by atoms with Crippen LogP contribution in [0.15, 0.2) is 34.9 Å². The number of benzene rings is 1. The molecule has 0 atom stereocenters. The van der Waals surface area contributed by atoms with Gasteiger partial charge in [0.25, 0.3) is 0 Å². The second kappa shape index (κ2) is 8.16. The first-order valence-electron chi connectivity index (χ1n) is 6.68. The molecule has 0 radical (unpaired) electrons. The van der Waals surface area contributed by atoms with Crippen LogP contribution in [0.5, 0.6) is 5.75 Å². The number of methoxy groups -OCH3 is 1. The summed E-state index contributed by atoms with van der Waals surface area (Å²) in [6, 6.07) is 5.90. The summed E-state index contributed by atoms with van der Waals surface area (Å²) < 4.78 is 33.2. The van der Waals surface area contributed by atoms with Crippen LogP contribution in [0.3, 0.4) is 0 Å². The Hall–Kier alpha value is -1.80. The standard InChI is InChI=1S/C15H14BrF2N3OS/c1-22-9-7-12(17)10(13(18)8-9)4-6-20-15(23)21-14-11(16)3-2-5-19-14/h2-3,5,7-8H,4,6H2,1H3,(H2,19,20,21,23). The summed E-state index contributed by atoms with van der Waals surface area (Å²) in [5.41, 5.74) is -0.0138. The molecule has 0 aliphatic rings. The maximum atomic E-state index is 13.8. The fourth-order valence-corrected chi connectivity index (χ4v) is 2.42. The average molecular weight is 402 g/mol. The van der Waals surface area contributed by atoms with Crippen LogP contribution in [0.2, 0.25) is 0 Å². The Bertz CT molecular complexity index is 692.